The molecule has 11 heavy (non-hydrogen) atoms. The van der Waals surface area contributed by atoms with Crippen LogP contribution >= 0.6 is 0 Å². The van der Waals surface area contributed by atoms with Crippen molar-refractivity contribution in [1.82, 2.24) is 0 Å². The molecule has 0 aromatic rings. The Balaban J connectivity index is 2.46. The van der Waals surface area contributed by atoms with E-state index in [-0.39, 0.29) is 13.0 Å². The predicted octanol–water partition coefficient (Wildman–Crippen LogP) is 1.70. The van der Waals surface area contributed by atoms with E-state index < -0.39 is 18.6 Å². The summed E-state index contributed by atoms with van der Waals surface area (Å²) in [5, 5.41) is 0. The summed E-state index contributed by atoms with van der Waals surface area (Å²) in [6, 6.07) is 0. The van der Waals surface area contributed by atoms with Gasteiger partial charge < -0.3 is 9.47 Å². The van der Waals surface area contributed by atoms with Gasteiger partial charge in [0.2, 0.25) is 0 Å². The molecule has 0 bridgehead atoms. The van der Waals surface area contributed by atoms with E-state index in [0.717, 1.165) is 0 Å². The highest BCUT2D eigenvalue weighted by Gasteiger charge is 2.43. The molecule has 1 heterocycles. The van der Waals surface area contributed by atoms with E-state index in [4.69, 9.17) is 4.74 Å². The summed E-state index contributed by atoms with van der Waals surface area (Å²) in [6.07, 6.45) is -6.74. The van der Waals surface area contributed by atoms with Crippen LogP contribution in [-0.4, -0.2) is 25.2 Å². The van der Waals surface area contributed by atoms with Crippen molar-refractivity contribution in [2.45, 2.75) is 31.9 Å². The lowest BCUT2D eigenvalue weighted by molar-refractivity contribution is -0.296. The maximum absolute atomic E-state index is 11.9. The molecule has 1 rings (SSSR count). The summed E-state index contributed by atoms with van der Waals surface area (Å²) in [5.41, 5.74) is 0. The summed E-state index contributed by atoms with van der Waals surface area (Å²) < 4.78 is 45.1. The van der Waals surface area contributed by atoms with Crippen molar-refractivity contribution < 1.29 is 22.6 Å². The molecule has 0 saturated carbocycles. The van der Waals surface area contributed by atoms with Crippen LogP contribution in [0.4, 0.5) is 13.2 Å². The van der Waals surface area contributed by atoms with Gasteiger partial charge in [0.15, 0.2) is 12.4 Å². The number of hydrogen-bond acceptors (Lipinski definition) is 2. The van der Waals surface area contributed by atoms with Crippen LogP contribution in [0.3, 0.4) is 0 Å². The average Bonchev–Trinajstić information content (AvgIpc) is 1.86. The van der Waals surface area contributed by atoms with Crippen molar-refractivity contribution >= 4 is 0 Å². The minimum Gasteiger partial charge on any atom is -0.353 e. The molecule has 0 aromatic carbocycles. The molecular weight excluding hydrogens is 161 g/mol. The fraction of sp³-hybridized carbons (Fsp3) is 1.00. The molecule has 0 radical (unpaired) electrons. The molecule has 1 aliphatic heterocycles. The highest BCUT2D eigenvalue weighted by atomic mass is 19.4. The summed E-state index contributed by atoms with van der Waals surface area (Å²) in [7, 11) is 0. The lowest BCUT2D eigenvalue weighted by Gasteiger charge is -2.29. The van der Waals surface area contributed by atoms with Crippen LogP contribution in [0.2, 0.25) is 0 Å². The zero-order valence-electron chi connectivity index (χ0n) is 6.02. The molecule has 1 fully saturated rings. The lowest BCUT2D eigenvalue weighted by Crippen LogP contribution is -2.40. The first-order chi connectivity index (χ1) is 5.00. The van der Waals surface area contributed by atoms with Crippen LogP contribution in [0.1, 0.15) is 13.3 Å². The van der Waals surface area contributed by atoms with Crippen LogP contribution in [0, 0.1) is 0 Å². The molecule has 0 aromatic heterocycles. The number of alkyl halides is 3. The second kappa shape index (κ2) is 2.98. The molecule has 66 valence electrons. The van der Waals surface area contributed by atoms with E-state index in [0.29, 0.717) is 0 Å². The topological polar surface area (TPSA) is 18.5 Å². The van der Waals surface area contributed by atoms with Gasteiger partial charge in [-0.1, -0.05) is 0 Å². The first kappa shape index (κ1) is 8.80. The second-order valence-electron chi connectivity index (χ2n) is 2.39. The maximum atomic E-state index is 11.9. The molecule has 1 aliphatic rings. The van der Waals surface area contributed by atoms with E-state index in [9.17, 15) is 13.2 Å². The van der Waals surface area contributed by atoms with Crippen LogP contribution < -0.4 is 0 Å². The normalized spacial score (nSPS) is 33.8. The molecule has 0 N–H and O–H groups in total. The van der Waals surface area contributed by atoms with E-state index in [1.807, 2.05) is 0 Å². The van der Waals surface area contributed by atoms with Gasteiger partial charge in [-0.05, 0) is 6.92 Å². The van der Waals surface area contributed by atoms with Crippen molar-refractivity contribution in [3.63, 3.8) is 0 Å². The Morgan fingerprint density at radius 1 is 1.36 bits per heavy atom. The number of ether oxygens (including phenoxy) is 2. The number of hydrogen-bond donors (Lipinski definition) is 0. The third-order valence-corrected chi connectivity index (χ3v) is 1.45. The Kier molecular flexibility index (Phi) is 2.39. The Labute approximate surface area is 62.3 Å². The van der Waals surface area contributed by atoms with Crippen molar-refractivity contribution in [2.75, 3.05) is 6.61 Å². The zero-order valence-corrected chi connectivity index (χ0v) is 6.02. The van der Waals surface area contributed by atoms with E-state index >= 15 is 0 Å². The third-order valence-electron chi connectivity index (χ3n) is 1.45. The van der Waals surface area contributed by atoms with E-state index in [1.54, 1.807) is 0 Å². The maximum Gasteiger partial charge on any atom is 0.414 e. The molecule has 5 heteroatoms. The van der Waals surface area contributed by atoms with Gasteiger partial charge in [-0.15, -0.1) is 0 Å². The molecular formula is C6H9F3O2. The van der Waals surface area contributed by atoms with Crippen LogP contribution in [0.5, 0.6) is 0 Å². The fourth-order valence-corrected chi connectivity index (χ4v) is 0.921. The molecule has 2 atom stereocenters. The lowest BCUT2D eigenvalue weighted by atomic mass is 10.2. The van der Waals surface area contributed by atoms with Gasteiger partial charge >= 0.3 is 6.18 Å². The fourth-order valence-electron chi connectivity index (χ4n) is 0.921. The highest BCUT2D eigenvalue weighted by Crippen LogP contribution is 2.28. The monoisotopic (exact) mass is 170 g/mol. The van der Waals surface area contributed by atoms with Gasteiger partial charge in [0, 0.05) is 6.42 Å². The van der Waals surface area contributed by atoms with Crippen molar-refractivity contribution in [2.24, 2.45) is 0 Å². The van der Waals surface area contributed by atoms with Crippen molar-refractivity contribution in [3.05, 3.63) is 0 Å². The van der Waals surface area contributed by atoms with Gasteiger partial charge in [-0.3, -0.25) is 0 Å². The van der Waals surface area contributed by atoms with Crippen molar-refractivity contribution in [3.8, 4) is 0 Å². The molecule has 0 spiro atoms. The standard InChI is InChI=1S/C6H9F3O2/c1-4-10-3-2-5(11-4)6(7,8)9/h4-5H,2-3H2,1H3. The van der Waals surface area contributed by atoms with Gasteiger partial charge in [0.05, 0.1) is 6.61 Å². The summed E-state index contributed by atoms with van der Waals surface area (Å²) >= 11 is 0. The molecule has 0 aliphatic carbocycles. The third kappa shape index (κ3) is 2.34. The van der Waals surface area contributed by atoms with Gasteiger partial charge in [-0.2, -0.15) is 13.2 Å². The molecule has 2 unspecified atom stereocenters. The van der Waals surface area contributed by atoms with E-state index in [1.165, 1.54) is 6.92 Å². The largest absolute Gasteiger partial charge is 0.414 e. The van der Waals surface area contributed by atoms with Gasteiger partial charge in [0.1, 0.15) is 0 Å². The Morgan fingerprint density at radius 3 is 2.36 bits per heavy atom. The Morgan fingerprint density at radius 2 is 2.00 bits per heavy atom. The number of halogens is 3. The van der Waals surface area contributed by atoms with Crippen molar-refractivity contribution in [1.29, 1.82) is 0 Å². The summed E-state index contributed by atoms with van der Waals surface area (Å²) in [5.74, 6) is 0. The van der Waals surface area contributed by atoms with Crippen LogP contribution in [-0.2, 0) is 9.47 Å². The highest BCUT2D eigenvalue weighted by molar-refractivity contribution is 4.70. The first-order valence-electron chi connectivity index (χ1n) is 3.34. The number of rotatable bonds is 0. The SMILES string of the molecule is CC1OCCC(C(F)(F)F)O1. The quantitative estimate of drug-likeness (QED) is 0.550. The Bertz CT molecular complexity index is 134. The first-order valence-corrected chi connectivity index (χ1v) is 3.34. The van der Waals surface area contributed by atoms with Gasteiger partial charge in [-0.25, -0.2) is 0 Å². The smallest absolute Gasteiger partial charge is 0.353 e. The molecule has 0 amide bonds. The molecule has 2 nitrogen and oxygen atoms in total. The van der Waals surface area contributed by atoms with Crippen LogP contribution in [0.25, 0.3) is 0 Å². The van der Waals surface area contributed by atoms with Crippen LogP contribution in [0.15, 0.2) is 0 Å². The van der Waals surface area contributed by atoms with E-state index in [2.05, 4.69) is 4.74 Å². The van der Waals surface area contributed by atoms with Gasteiger partial charge in [0.25, 0.3) is 0 Å². The minimum absolute atomic E-state index is 0.103. The average molecular weight is 170 g/mol. The summed E-state index contributed by atoms with van der Waals surface area (Å²) in [4.78, 5) is 0. The zero-order chi connectivity index (χ0) is 8.48. The molecule has 1 saturated heterocycles. The second-order valence-corrected chi connectivity index (χ2v) is 2.39. The summed E-state index contributed by atoms with van der Waals surface area (Å²) in [6.45, 7) is 1.57. The predicted molar refractivity (Wildman–Crippen MR) is 31.0 cm³/mol. The Hall–Kier alpha value is -0.290. The minimum atomic E-state index is -4.25.